The maximum atomic E-state index is 12.1. The average molecular weight is 244 g/mol. The molecule has 2 unspecified atom stereocenters. The summed E-state index contributed by atoms with van der Waals surface area (Å²) in [5.41, 5.74) is -0.388. The summed E-state index contributed by atoms with van der Waals surface area (Å²) < 4.78 is 5.22. The number of hydrogen-bond donors (Lipinski definition) is 2. The molecule has 0 saturated carbocycles. The van der Waals surface area contributed by atoms with Crippen molar-refractivity contribution in [3.8, 4) is 0 Å². The fraction of sp³-hybridized carbons (Fsp3) is 0.917. The summed E-state index contributed by atoms with van der Waals surface area (Å²) in [5, 5.41) is 12.5. The van der Waals surface area contributed by atoms with Gasteiger partial charge in [0.15, 0.2) is 0 Å². The number of aliphatic hydroxyl groups is 1. The highest BCUT2D eigenvalue weighted by atomic mass is 16.5. The molecule has 5 heteroatoms. The number of carbonyl (C=O) groups excluding carboxylic acids is 1. The summed E-state index contributed by atoms with van der Waals surface area (Å²) in [6, 6.07) is -0.273. The second kappa shape index (κ2) is 6.33. The van der Waals surface area contributed by atoms with Gasteiger partial charge in [-0.15, -0.1) is 0 Å². The fourth-order valence-electron chi connectivity index (χ4n) is 1.90. The van der Waals surface area contributed by atoms with Gasteiger partial charge < -0.3 is 14.7 Å². The number of aliphatic hydroxyl groups excluding tert-OH is 1. The number of nitrogens with zero attached hydrogens (tertiary/aromatic N) is 1. The number of rotatable bonds is 5. The van der Waals surface area contributed by atoms with Gasteiger partial charge in [0.25, 0.3) is 0 Å². The molecule has 1 heterocycles. The first-order valence-corrected chi connectivity index (χ1v) is 6.27. The first kappa shape index (κ1) is 14.4. The Morgan fingerprint density at radius 3 is 2.59 bits per heavy atom. The monoisotopic (exact) mass is 244 g/mol. The quantitative estimate of drug-likeness (QED) is 0.714. The van der Waals surface area contributed by atoms with Crippen molar-refractivity contribution < 1.29 is 14.6 Å². The van der Waals surface area contributed by atoms with Crippen LogP contribution >= 0.6 is 0 Å². The fourth-order valence-corrected chi connectivity index (χ4v) is 1.90. The van der Waals surface area contributed by atoms with Crippen LogP contribution in [0.4, 0.5) is 0 Å². The van der Waals surface area contributed by atoms with Gasteiger partial charge in [-0.1, -0.05) is 6.92 Å². The molecular weight excluding hydrogens is 220 g/mol. The predicted molar refractivity (Wildman–Crippen MR) is 65.8 cm³/mol. The van der Waals surface area contributed by atoms with Crippen LogP contribution in [0.1, 0.15) is 27.2 Å². The minimum absolute atomic E-state index is 0.0320. The summed E-state index contributed by atoms with van der Waals surface area (Å²) in [6.07, 6.45) is 0.782. The van der Waals surface area contributed by atoms with Crippen molar-refractivity contribution in [2.45, 2.75) is 38.8 Å². The van der Waals surface area contributed by atoms with Crippen LogP contribution in [0, 0.1) is 0 Å². The lowest BCUT2D eigenvalue weighted by Crippen LogP contribution is -2.56. The number of hydrogen-bond acceptors (Lipinski definition) is 4. The van der Waals surface area contributed by atoms with Crippen LogP contribution in [-0.4, -0.2) is 60.4 Å². The highest BCUT2D eigenvalue weighted by molar-refractivity contribution is 5.81. The lowest BCUT2D eigenvalue weighted by Gasteiger charge is -2.34. The number of amides is 1. The van der Waals surface area contributed by atoms with E-state index in [9.17, 15) is 9.90 Å². The van der Waals surface area contributed by atoms with E-state index in [2.05, 4.69) is 5.32 Å². The van der Waals surface area contributed by atoms with E-state index in [4.69, 9.17) is 4.74 Å². The van der Waals surface area contributed by atoms with Gasteiger partial charge in [-0.3, -0.25) is 10.1 Å². The molecule has 2 atom stereocenters. The Kier molecular flexibility index (Phi) is 5.36. The van der Waals surface area contributed by atoms with Crippen molar-refractivity contribution in [1.82, 2.24) is 10.2 Å². The molecule has 0 aromatic heterocycles. The van der Waals surface area contributed by atoms with E-state index in [1.165, 1.54) is 0 Å². The molecule has 1 rings (SSSR count). The Labute approximate surface area is 103 Å². The van der Waals surface area contributed by atoms with Crippen molar-refractivity contribution >= 4 is 5.91 Å². The maximum Gasteiger partial charge on any atom is 0.239 e. The molecule has 1 aliphatic heterocycles. The predicted octanol–water partition coefficient (Wildman–Crippen LogP) is -0.0157. The minimum atomic E-state index is -0.388. The average Bonchev–Trinajstić information content (AvgIpc) is 2.38. The van der Waals surface area contributed by atoms with E-state index in [1.54, 1.807) is 0 Å². The van der Waals surface area contributed by atoms with Gasteiger partial charge in [0, 0.05) is 18.6 Å². The molecule has 1 fully saturated rings. The molecular formula is C12H24N2O3. The number of nitrogens with one attached hydrogen (secondary N) is 1. The van der Waals surface area contributed by atoms with Crippen LogP contribution in [0.5, 0.6) is 0 Å². The Bertz CT molecular complexity index is 248. The molecule has 0 aliphatic carbocycles. The maximum absolute atomic E-state index is 12.1. The number of morpholine rings is 1. The van der Waals surface area contributed by atoms with Gasteiger partial charge in [-0.05, 0) is 20.3 Å². The number of carbonyl (C=O) groups is 1. The summed E-state index contributed by atoms with van der Waals surface area (Å²) in [5.74, 6) is 0.0847. The Morgan fingerprint density at radius 2 is 2.12 bits per heavy atom. The molecule has 5 nitrogen and oxygen atoms in total. The Balaban J connectivity index is 2.50. The molecule has 0 aromatic rings. The third kappa shape index (κ3) is 3.94. The lowest BCUT2D eigenvalue weighted by molar-refractivity contribution is -0.137. The van der Waals surface area contributed by atoms with Crippen molar-refractivity contribution in [3.63, 3.8) is 0 Å². The summed E-state index contributed by atoms with van der Waals surface area (Å²) in [4.78, 5) is 13.9. The van der Waals surface area contributed by atoms with E-state index in [1.807, 2.05) is 25.7 Å². The second-order valence-corrected chi connectivity index (χ2v) is 4.88. The van der Waals surface area contributed by atoms with Crippen molar-refractivity contribution in [2.75, 3.05) is 32.9 Å². The SMILES string of the molecule is CCC(C)(CO)NC(C)C(=O)N1CCOCC1. The van der Waals surface area contributed by atoms with Crippen LogP contribution in [0.25, 0.3) is 0 Å². The van der Waals surface area contributed by atoms with Crippen LogP contribution in [0.3, 0.4) is 0 Å². The molecule has 100 valence electrons. The van der Waals surface area contributed by atoms with Gasteiger partial charge in [0.2, 0.25) is 5.91 Å². The molecule has 1 aliphatic rings. The normalized spacial score (nSPS) is 22.0. The van der Waals surface area contributed by atoms with E-state index in [-0.39, 0.29) is 24.1 Å². The van der Waals surface area contributed by atoms with E-state index < -0.39 is 0 Å². The second-order valence-electron chi connectivity index (χ2n) is 4.88. The summed E-state index contributed by atoms with van der Waals surface area (Å²) >= 11 is 0. The van der Waals surface area contributed by atoms with Crippen LogP contribution < -0.4 is 5.32 Å². The molecule has 0 aromatic carbocycles. The first-order valence-electron chi connectivity index (χ1n) is 6.27. The molecule has 2 N–H and O–H groups in total. The van der Waals surface area contributed by atoms with E-state index in [0.29, 0.717) is 26.3 Å². The van der Waals surface area contributed by atoms with E-state index in [0.717, 1.165) is 6.42 Å². The van der Waals surface area contributed by atoms with Crippen molar-refractivity contribution in [3.05, 3.63) is 0 Å². The number of ether oxygens (including phenoxy) is 1. The lowest BCUT2D eigenvalue weighted by atomic mass is 9.99. The molecule has 1 amide bonds. The highest BCUT2D eigenvalue weighted by Crippen LogP contribution is 2.10. The summed E-state index contributed by atoms with van der Waals surface area (Å²) in [6.45, 7) is 8.35. The van der Waals surface area contributed by atoms with Crippen LogP contribution in [0.2, 0.25) is 0 Å². The zero-order chi connectivity index (χ0) is 12.9. The summed E-state index contributed by atoms with van der Waals surface area (Å²) in [7, 11) is 0. The smallest absolute Gasteiger partial charge is 0.239 e. The largest absolute Gasteiger partial charge is 0.394 e. The van der Waals surface area contributed by atoms with Gasteiger partial charge in [0.05, 0.1) is 25.9 Å². The third-order valence-corrected chi connectivity index (χ3v) is 3.39. The zero-order valence-electron chi connectivity index (χ0n) is 11.0. The van der Waals surface area contributed by atoms with E-state index >= 15 is 0 Å². The first-order chi connectivity index (χ1) is 8.02. The highest BCUT2D eigenvalue weighted by Gasteiger charge is 2.28. The minimum Gasteiger partial charge on any atom is -0.394 e. The molecule has 0 bridgehead atoms. The van der Waals surface area contributed by atoms with Crippen LogP contribution in [0.15, 0.2) is 0 Å². The molecule has 17 heavy (non-hydrogen) atoms. The Hall–Kier alpha value is -0.650. The van der Waals surface area contributed by atoms with Crippen LogP contribution in [-0.2, 0) is 9.53 Å². The topological polar surface area (TPSA) is 61.8 Å². The molecule has 0 radical (unpaired) electrons. The third-order valence-electron chi connectivity index (χ3n) is 3.39. The molecule has 0 spiro atoms. The zero-order valence-corrected chi connectivity index (χ0v) is 11.0. The van der Waals surface area contributed by atoms with Crippen molar-refractivity contribution in [1.29, 1.82) is 0 Å². The van der Waals surface area contributed by atoms with Gasteiger partial charge >= 0.3 is 0 Å². The standard InChI is InChI=1S/C12H24N2O3/c1-4-12(3,9-15)13-10(2)11(16)14-5-7-17-8-6-14/h10,13,15H,4-9H2,1-3H3. The Morgan fingerprint density at radius 1 is 1.53 bits per heavy atom. The van der Waals surface area contributed by atoms with Gasteiger partial charge in [-0.2, -0.15) is 0 Å². The molecule has 1 saturated heterocycles. The van der Waals surface area contributed by atoms with Crippen molar-refractivity contribution in [2.24, 2.45) is 0 Å². The van der Waals surface area contributed by atoms with Gasteiger partial charge in [-0.25, -0.2) is 0 Å². The van der Waals surface area contributed by atoms with Gasteiger partial charge in [0.1, 0.15) is 0 Å².